The Morgan fingerprint density at radius 1 is 1.17 bits per heavy atom. The summed E-state index contributed by atoms with van der Waals surface area (Å²) in [7, 11) is 1.54. The number of nitrogens with zero attached hydrogens (tertiary/aromatic N) is 1. The van der Waals surface area contributed by atoms with Crippen LogP contribution in [-0.4, -0.2) is 37.9 Å². The molecule has 0 spiro atoms. The van der Waals surface area contributed by atoms with Gasteiger partial charge in [0.05, 0.1) is 26.3 Å². The van der Waals surface area contributed by atoms with E-state index >= 15 is 0 Å². The van der Waals surface area contributed by atoms with Gasteiger partial charge in [-0.05, 0) is 37.6 Å². The van der Waals surface area contributed by atoms with Crippen molar-refractivity contribution in [2.75, 3.05) is 26.9 Å². The van der Waals surface area contributed by atoms with Crippen molar-refractivity contribution in [3.05, 3.63) is 59.2 Å². The molecule has 0 heterocycles. The fraction of sp³-hybridized carbons (Fsp3) is 0.381. The zero-order valence-electron chi connectivity index (χ0n) is 16.8. The number of aliphatic hydroxyl groups is 1. The highest BCUT2D eigenvalue weighted by atomic mass is 19.1. The van der Waals surface area contributed by atoms with Crippen molar-refractivity contribution in [2.24, 2.45) is 4.99 Å². The van der Waals surface area contributed by atoms with Crippen LogP contribution in [0.15, 0.2) is 41.4 Å². The van der Waals surface area contributed by atoms with E-state index in [0.29, 0.717) is 36.1 Å². The Kier molecular flexibility index (Phi) is 8.67. The Morgan fingerprint density at radius 3 is 2.62 bits per heavy atom. The van der Waals surface area contributed by atoms with Gasteiger partial charge in [0.25, 0.3) is 0 Å². The van der Waals surface area contributed by atoms with Gasteiger partial charge in [-0.1, -0.05) is 12.1 Å². The number of aliphatic imine (C=N–C) groups is 1. The summed E-state index contributed by atoms with van der Waals surface area (Å²) in [5.74, 6) is 0.373. The third-order valence-corrected chi connectivity index (χ3v) is 4.12. The van der Waals surface area contributed by atoms with Crippen LogP contribution in [0.4, 0.5) is 8.78 Å². The van der Waals surface area contributed by atoms with Crippen molar-refractivity contribution >= 4 is 5.96 Å². The quantitative estimate of drug-likeness (QED) is 0.440. The van der Waals surface area contributed by atoms with Gasteiger partial charge in [-0.15, -0.1) is 0 Å². The molecule has 1 atom stereocenters. The number of rotatable bonds is 9. The Bertz CT molecular complexity index is 831. The fourth-order valence-corrected chi connectivity index (χ4v) is 2.71. The van der Waals surface area contributed by atoms with Gasteiger partial charge in [0.15, 0.2) is 17.5 Å². The molecule has 2 aromatic carbocycles. The number of hydrogen-bond acceptors (Lipinski definition) is 4. The number of benzene rings is 2. The Balaban J connectivity index is 2.12. The number of guanidine groups is 1. The average molecular weight is 407 g/mol. The number of ether oxygens (including phenoxy) is 2. The summed E-state index contributed by atoms with van der Waals surface area (Å²) >= 11 is 0. The number of aliphatic hydroxyl groups excluding tert-OH is 1. The number of halogens is 2. The normalized spacial score (nSPS) is 12.4. The summed E-state index contributed by atoms with van der Waals surface area (Å²) in [5.41, 5.74) is 1.24. The second kappa shape index (κ2) is 11.2. The summed E-state index contributed by atoms with van der Waals surface area (Å²) in [6.07, 6.45) is 0. The number of hydrogen-bond donors (Lipinski definition) is 3. The molecule has 0 amide bonds. The van der Waals surface area contributed by atoms with Gasteiger partial charge in [-0.2, -0.15) is 0 Å². The van der Waals surface area contributed by atoms with E-state index in [2.05, 4.69) is 15.6 Å². The van der Waals surface area contributed by atoms with Gasteiger partial charge in [-0.25, -0.2) is 13.8 Å². The molecule has 1 unspecified atom stereocenters. The Labute approximate surface area is 169 Å². The van der Waals surface area contributed by atoms with E-state index in [4.69, 9.17) is 14.6 Å². The minimum absolute atomic E-state index is 0.0836. The molecule has 29 heavy (non-hydrogen) atoms. The average Bonchev–Trinajstić information content (AvgIpc) is 2.70. The van der Waals surface area contributed by atoms with Crippen molar-refractivity contribution in [1.82, 2.24) is 10.6 Å². The van der Waals surface area contributed by atoms with Crippen LogP contribution in [0, 0.1) is 11.6 Å². The SMILES string of the molecule is CCNC(=NCc1ccc(OCCO)c(OC)c1)NC(C)c1ccc(F)cc1F. The van der Waals surface area contributed by atoms with Gasteiger partial charge < -0.3 is 25.2 Å². The predicted octanol–water partition coefficient (Wildman–Crippen LogP) is 3.16. The molecule has 6 nitrogen and oxygen atoms in total. The van der Waals surface area contributed by atoms with E-state index in [1.807, 2.05) is 19.1 Å². The summed E-state index contributed by atoms with van der Waals surface area (Å²) in [4.78, 5) is 4.53. The van der Waals surface area contributed by atoms with Gasteiger partial charge in [-0.3, -0.25) is 0 Å². The maximum absolute atomic E-state index is 14.0. The Morgan fingerprint density at radius 2 is 1.97 bits per heavy atom. The largest absolute Gasteiger partial charge is 0.493 e. The second-order valence-electron chi connectivity index (χ2n) is 6.28. The van der Waals surface area contributed by atoms with Crippen molar-refractivity contribution in [3.63, 3.8) is 0 Å². The van der Waals surface area contributed by atoms with Crippen molar-refractivity contribution < 1.29 is 23.4 Å². The molecule has 0 aliphatic carbocycles. The van der Waals surface area contributed by atoms with E-state index in [0.717, 1.165) is 11.6 Å². The lowest BCUT2D eigenvalue weighted by molar-refractivity contribution is 0.196. The lowest BCUT2D eigenvalue weighted by atomic mass is 10.1. The van der Waals surface area contributed by atoms with E-state index in [-0.39, 0.29) is 13.2 Å². The molecule has 0 radical (unpaired) electrons. The molecule has 0 saturated carbocycles. The van der Waals surface area contributed by atoms with Crippen molar-refractivity contribution in [3.8, 4) is 11.5 Å². The van der Waals surface area contributed by atoms with E-state index in [9.17, 15) is 8.78 Å². The molecular weight excluding hydrogens is 380 g/mol. The molecule has 2 rings (SSSR count). The van der Waals surface area contributed by atoms with Gasteiger partial charge in [0, 0.05) is 18.2 Å². The standard InChI is InChI=1S/C21H27F2N3O3/c1-4-24-21(26-14(2)17-7-6-16(22)12-18(17)23)25-13-15-5-8-19(29-10-9-27)20(11-15)28-3/h5-8,11-12,14,27H,4,9-10,13H2,1-3H3,(H2,24,25,26). The Hall–Kier alpha value is -2.87. The third kappa shape index (κ3) is 6.60. The van der Waals surface area contributed by atoms with Crippen molar-refractivity contribution in [1.29, 1.82) is 0 Å². The minimum atomic E-state index is -0.612. The van der Waals surface area contributed by atoms with Gasteiger partial charge in [0.2, 0.25) is 0 Å². The fourth-order valence-electron chi connectivity index (χ4n) is 2.71. The first-order valence-electron chi connectivity index (χ1n) is 9.38. The highest BCUT2D eigenvalue weighted by Crippen LogP contribution is 2.28. The van der Waals surface area contributed by atoms with Gasteiger partial charge >= 0.3 is 0 Å². The van der Waals surface area contributed by atoms with Gasteiger partial charge in [0.1, 0.15) is 18.2 Å². The first-order chi connectivity index (χ1) is 14.0. The summed E-state index contributed by atoms with van der Waals surface area (Å²) in [5, 5.41) is 15.1. The lowest BCUT2D eigenvalue weighted by Gasteiger charge is -2.19. The van der Waals surface area contributed by atoms with Crippen LogP contribution in [0.25, 0.3) is 0 Å². The molecular formula is C21H27F2N3O3. The minimum Gasteiger partial charge on any atom is -0.493 e. The molecule has 0 aliphatic heterocycles. The first-order valence-corrected chi connectivity index (χ1v) is 9.38. The lowest BCUT2D eigenvalue weighted by Crippen LogP contribution is -2.39. The smallest absolute Gasteiger partial charge is 0.192 e. The summed E-state index contributed by atoms with van der Waals surface area (Å²) in [6, 6.07) is 8.53. The monoisotopic (exact) mass is 407 g/mol. The van der Waals surface area contributed by atoms with E-state index in [1.165, 1.54) is 12.1 Å². The van der Waals surface area contributed by atoms with Crippen molar-refractivity contribution in [2.45, 2.75) is 26.4 Å². The van der Waals surface area contributed by atoms with Crippen LogP contribution in [0.2, 0.25) is 0 Å². The molecule has 0 aromatic heterocycles. The molecule has 0 fully saturated rings. The predicted molar refractivity (Wildman–Crippen MR) is 108 cm³/mol. The highest BCUT2D eigenvalue weighted by molar-refractivity contribution is 5.80. The topological polar surface area (TPSA) is 75.1 Å². The molecule has 0 aliphatic rings. The van der Waals surface area contributed by atoms with E-state index < -0.39 is 17.7 Å². The van der Waals surface area contributed by atoms with Crippen LogP contribution in [0.3, 0.4) is 0 Å². The second-order valence-corrected chi connectivity index (χ2v) is 6.28. The number of methoxy groups -OCH3 is 1. The summed E-state index contributed by atoms with van der Waals surface area (Å²) < 4.78 is 37.9. The van der Waals surface area contributed by atoms with Crippen LogP contribution in [0.1, 0.15) is 31.0 Å². The molecule has 8 heteroatoms. The summed E-state index contributed by atoms with van der Waals surface area (Å²) in [6.45, 7) is 4.78. The van der Waals surface area contributed by atoms with E-state index in [1.54, 1.807) is 20.1 Å². The molecule has 3 N–H and O–H groups in total. The highest BCUT2D eigenvalue weighted by Gasteiger charge is 2.13. The molecule has 0 bridgehead atoms. The van der Waals surface area contributed by atoms with Crippen LogP contribution >= 0.6 is 0 Å². The number of nitrogens with one attached hydrogen (secondary N) is 2. The van der Waals surface area contributed by atoms with Crippen LogP contribution in [0.5, 0.6) is 11.5 Å². The molecule has 158 valence electrons. The molecule has 0 saturated heterocycles. The maximum atomic E-state index is 14.0. The first kappa shape index (κ1) is 22.4. The van der Waals surface area contributed by atoms with Crippen LogP contribution in [-0.2, 0) is 6.54 Å². The maximum Gasteiger partial charge on any atom is 0.192 e. The molecule has 2 aromatic rings. The third-order valence-electron chi connectivity index (χ3n) is 4.12. The zero-order valence-corrected chi connectivity index (χ0v) is 16.8. The van der Waals surface area contributed by atoms with Crippen LogP contribution < -0.4 is 20.1 Å². The zero-order chi connectivity index (χ0) is 21.2.